The van der Waals surface area contributed by atoms with Crippen LogP contribution < -0.4 is 4.74 Å². The van der Waals surface area contributed by atoms with E-state index in [0.29, 0.717) is 24.6 Å². The molecule has 150 valence electrons. The monoisotopic (exact) mass is 466 g/mol. The Morgan fingerprint density at radius 3 is 2.68 bits per heavy atom. The fourth-order valence-electron chi connectivity index (χ4n) is 3.10. The van der Waals surface area contributed by atoms with Crippen LogP contribution in [0.2, 0.25) is 0 Å². The van der Waals surface area contributed by atoms with Gasteiger partial charge >= 0.3 is 0 Å². The Kier molecular flexibility index (Phi) is 7.18. The maximum absolute atomic E-state index is 12.6. The first kappa shape index (κ1) is 20.9. The standard InChI is InChI=1S/C20H23BrN2O4S/c1-2-10-27-16-7-6-14(11-15(16)21)12-17-19(25)23(20(26)28-17)13-18(24)22-8-4-3-5-9-22/h6-7,11-12H,2-5,8-10,13H2,1H3/b17-12-. The number of hydrogen-bond acceptors (Lipinski definition) is 5. The second kappa shape index (κ2) is 9.60. The highest BCUT2D eigenvalue weighted by atomic mass is 79.9. The van der Waals surface area contributed by atoms with Crippen LogP contribution in [0.5, 0.6) is 5.75 Å². The third kappa shape index (κ3) is 4.97. The van der Waals surface area contributed by atoms with Gasteiger partial charge in [0.1, 0.15) is 12.3 Å². The molecular weight excluding hydrogens is 444 g/mol. The average molecular weight is 467 g/mol. The molecule has 28 heavy (non-hydrogen) atoms. The van der Waals surface area contributed by atoms with E-state index in [1.807, 2.05) is 25.1 Å². The first-order valence-corrected chi connectivity index (χ1v) is 11.1. The number of carbonyl (C=O) groups is 3. The van der Waals surface area contributed by atoms with Crippen LogP contribution in [0.1, 0.15) is 38.2 Å². The number of benzene rings is 1. The number of carbonyl (C=O) groups excluding carboxylic acids is 3. The van der Waals surface area contributed by atoms with Crippen molar-refractivity contribution in [3.05, 3.63) is 33.1 Å². The number of likely N-dealkylation sites (tertiary alicyclic amines) is 1. The predicted molar refractivity (Wildman–Crippen MR) is 113 cm³/mol. The molecule has 0 radical (unpaired) electrons. The van der Waals surface area contributed by atoms with Crippen molar-refractivity contribution in [1.82, 2.24) is 9.80 Å². The molecule has 0 N–H and O–H groups in total. The Balaban J connectivity index is 1.68. The van der Waals surface area contributed by atoms with Gasteiger partial charge in [0.15, 0.2) is 0 Å². The molecule has 2 saturated heterocycles. The van der Waals surface area contributed by atoms with E-state index in [1.165, 1.54) is 0 Å². The van der Waals surface area contributed by atoms with E-state index in [1.54, 1.807) is 11.0 Å². The summed E-state index contributed by atoms with van der Waals surface area (Å²) < 4.78 is 6.41. The minimum absolute atomic E-state index is 0.163. The zero-order valence-corrected chi connectivity index (χ0v) is 18.2. The van der Waals surface area contributed by atoms with Gasteiger partial charge in [-0.1, -0.05) is 13.0 Å². The molecule has 2 heterocycles. The third-order valence-corrected chi connectivity index (χ3v) is 6.12. The van der Waals surface area contributed by atoms with Crippen LogP contribution in [0, 0.1) is 0 Å². The van der Waals surface area contributed by atoms with Crippen molar-refractivity contribution in [2.75, 3.05) is 26.2 Å². The Morgan fingerprint density at radius 1 is 1.25 bits per heavy atom. The highest BCUT2D eigenvalue weighted by molar-refractivity contribution is 9.10. The van der Waals surface area contributed by atoms with Gasteiger partial charge in [-0.15, -0.1) is 0 Å². The van der Waals surface area contributed by atoms with Gasteiger partial charge in [-0.3, -0.25) is 19.3 Å². The van der Waals surface area contributed by atoms with Crippen LogP contribution in [-0.2, 0) is 9.59 Å². The van der Waals surface area contributed by atoms with Crippen LogP contribution in [0.3, 0.4) is 0 Å². The molecule has 2 aliphatic rings. The van der Waals surface area contributed by atoms with Crippen molar-refractivity contribution in [3.63, 3.8) is 0 Å². The van der Waals surface area contributed by atoms with E-state index in [9.17, 15) is 14.4 Å². The fourth-order valence-corrected chi connectivity index (χ4v) is 4.45. The Bertz CT molecular complexity index is 805. The quantitative estimate of drug-likeness (QED) is 0.585. The van der Waals surface area contributed by atoms with Crippen molar-refractivity contribution < 1.29 is 19.1 Å². The maximum Gasteiger partial charge on any atom is 0.294 e. The summed E-state index contributed by atoms with van der Waals surface area (Å²) in [7, 11) is 0. The zero-order valence-electron chi connectivity index (χ0n) is 15.8. The van der Waals surface area contributed by atoms with Crippen LogP contribution in [0.15, 0.2) is 27.6 Å². The Morgan fingerprint density at radius 2 is 2.00 bits per heavy atom. The van der Waals surface area contributed by atoms with Crippen molar-refractivity contribution in [2.24, 2.45) is 0 Å². The second-order valence-corrected chi connectivity index (χ2v) is 8.60. The summed E-state index contributed by atoms with van der Waals surface area (Å²) in [5.41, 5.74) is 0.781. The SMILES string of the molecule is CCCOc1ccc(/C=C2\SC(=O)N(CC(=O)N3CCCCC3)C2=O)cc1Br. The smallest absolute Gasteiger partial charge is 0.294 e. The summed E-state index contributed by atoms with van der Waals surface area (Å²) in [6, 6.07) is 5.51. The van der Waals surface area contributed by atoms with E-state index in [2.05, 4.69) is 15.9 Å². The average Bonchev–Trinajstić information content (AvgIpc) is 2.95. The lowest BCUT2D eigenvalue weighted by atomic mass is 10.1. The Hall–Kier alpha value is -1.80. The largest absolute Gasteiger partial charge is 0.492 e. The molecule has 3 amide bonds. The number of nitrogens with zero attached hydrogens (tertiary/aromatic N) is 2. The molecular formula is C20H23BrN2O4S. The normalized spacial score (nSPS) is 18.9. The maximum atomic E-state index is 12.6. The van der Waals surface area contributed by atoms with E-state index >= 15 is 0 Å². The van der Waals surface area contributed by atoms with Gasteiger partial charge < -0.3 is 9.64 Å². The molecule has 6 nitrogen and oxygen atoms in total. The Labute approximate surface area is 177 Å². The van der Waals surface area contributed by atoms with Crippen LogP contribution in [0.4, 0.5) is 4.79 Å². The number of halogens is 1. The lowest BCUT2D eigenvalue weighted by Crippen LogP contribution is -2.44. The lowest BCUT2D eigenvalue weighted by molar-refractivity contribution is -0.136. The highest BCUT2D eigenvalue weighted by Crippen LogP contribution is 2.34. The van der Waals surface area contributed by atoms with Gasteiger partial charge in [-0.2, -0.15) is 0 Å². The van der Waals surface area contributed by atoms with Crippen LogP contribution in [-0.4, -0.2) is 53.1 Å². The van der Waals surface area contributed by atoms with Gasteiger partial charge in [-0.05, 0) is 77.1 Å². The number of rotatable bonds is 6. The molecule has 0 atom stereocenters. The summed E-state index contributed by atoms with van der Waals surface area (Å²) in [6.07, 6.45) is 5.65. The zero-order chi connectivity index (χ0) is 20.1. The van der Waals surface area contributed by atoms with Gasteiger partial charge in [0, 0.05) is 13.1 Å². The van der Waals surface area contributed by atoms with Crippen LogP contribution in [0.25, 0.3) is 6.08 Å². The second-order valence-electron chi connectivity index (χ2n) is 6.75. The van der Waals surface area contributed by atoms with Gasteiger partial charge in [0.2, 0.25) is 5.91 Å². The van der Waals surface area contributed by atoms with E-state index < -0.39 is 11.1 Å². The lowest BCUT2D eigenvalue weighted by Gasteiger charge is -2.27. The summed E-state index contributed by atoms with van der Waals surface area (Å²) in [5.74, 6) is 0.158. The summed E-state index contributed by atoms with van der Waals surface area (Å²) in [6.45, 7) is 3.88. The minimum Gasteiger partial charge on any atom is -0.492 e. The molecule has 0 bridgehead atoms. The number of ether oxygens (including phenoxy) is 1. The molecule has 3 rings (SSSR count). The van der Waals surface area contributed by atoms with Crippen molar-refractivity contribution in [3.8, 4) is 5.75 Å². The minimum atomic E-state index is -0.414. The van der Waals surface area contributed by atoms with Gasteiger partial charge in [-0.25, -0.2) is 0 Å². The molecule has 0 aliphatic carbocycles. The number of imide groups is 1. The molecule has 0 unspecified atom stereocenters. The number of thioether (sulfide) groups is 1. The summed E-state index contributed by atoms with van der Waals surface area (Å²) >= 11 is 4.34. The topological polar surface area (TPSA) is 66.9 Å². The van der Waals surface area contributed by atoms with Gasteiger partial charge in [0.25, 0.3) is 11.1 Å². The number of amides is 3. The molecule has 1 aromatic rings. The fraction of sp³-hybridized carbons (Fsp3) is 0.450. The van der Waals surface area contributed by atoms with Crippen molar-refractivity contribution in [2.45, 2.75) is 32.6 Å². The van der Waals surface area contributed by atoms with E-state index in [0.717, 1.165) is 58.1 Å². The number of hydrogen-bond donors (Lipinski definition) is 0. The van der Waals surface area contributed by atoms with Crippen LogP contribution >= 0.6 is 27.7 Å². The highest BCUT2D eigenvalue weighted by Gasteiger charge is 2.37. The third-order valence-electron chi connectivity index (χ3n) is 4.59. The first-order chi connectivity index (χ1) is 13.5. The molecule has 0 aromatic heterocycles. The predicted octanol–water partition coefficient (Wildman–Crippen LogP) is 4.29. The first-order valence-electron chi connectivity index (χ1n) is 9.45. The molecule has 8 heteroatoms. The molecule has 2 aliphatic heterocycles. The van der Waals surface area contributed by atoms with Crippen molar-refractivity contribution >= 4 is 50.8 Å². The van der Waals surface area contributed by atoms with Gasteiger partial charge in [0.05, 0.1) is 16.0 Å². The molecule has 2 fully saturated rings. The molecule has 0 saturated carbocycles. The summed E-state index contributed by atoms with van der Waals surface area (Å²) in [4.78, 5) is 40.4. The van der Waals surface area contributed by atoms with Crippen molar-refractivity contribution in [1.29, 1.82) is 0 Å². The molecule has 0 spiro atoms. The van der Waals surface area contributed by atoms with E-state index in [4.69, 9.17) is 4.74 Å². The number of piperidine rings is 1. The van der Waals surface area contributed by atoms with E-state index in [-0.39, 0.29) is 12.5 Å². The summed E-state index contributed by atoms with van der Waals surface area (Å²) in [5, 5.41) is -0.399. The molecule has 1 aromatic carbocycles.